The molecule has 0 spiro atoms. The van der Waals surface area contributed by atoms with Crippen LogP contribution >= 0.6 is 22.6 Å². The van der Waals surface area contributed by atoms with Crippen LogP contribution in [0.1, 0.15) is 0 Å². The molecular weight excluding hydrogens is 339 g/mol. The van der Waals surface area contributed by atoms with Crippen LogP contribution in [0, 0.1) is 3.57 Å². The molecule has 3 aromatic rings. The Morgan fingerprint density at radius 3 is 2.50 bits per heavy atom. The summed E-state index contributed by atoms with van der Waals surface area (Å²) in [7, 11) is 0. The first-order chi connectivity index (χ1) is 8.74. The topological polar surface area (TPSA) is 30.2 Å². The minimum Gasteiger partial charge on any atom is -0.456 e. The van der Waals surface area contributed by atoms with Gasteiger partial charge in [0.25, 0.3) is 0 Å². The van der Waals surface area contributed by atoms with Gasteiger partial charge < -0.3 is 4.42 Å². The third kappa shape index (κ3) is 2.06. The fourth-order valence-electron chi connectivity index (χ4n) is 1.87. The predicted octanol–water partition coefficient (Wildman–Crippen LogP) is 4.06. The van der Waals surface area contributed by atoms with Crippen molar-refractivity contribution in [1.82, 2.24) is 0 Å². The number of hydrogen-bond donors (Lipinski definition) is 0. The van der Waals surface area contributed by atoms with Crippen molar-refractivity contribution in [3.05, 3.63) is 68.4 Å². The highest BCUT2D eigenvalue weighted by Gasteiger charge is 2.06. The van der Waals surface area contributed by atoms with Gasteiger partial charge in [-0.2, -0.15) is 0 Å². The normalized spacial score (nSPS) is 10.7. The molecule has 3 rings (SSSR count). The summed E-state index contributed by atoms with van der Waals surface area (Å²) in [5.74, 6) is 0.606. The molecule has 2 nitrogen and oxygen atoms in total. The lowest BCUT2D eigenvalue weighted by molar-refractivity contribution is 0.619. The molecule has 0 atom stereocenters. The van der Waals surface area contributed by atoms with Crippen molar-refractivity contribution >= 4 is 33.6 Å². The van der Waals surface area contributed by atoms with Gasteiger partial charge in [-0.05, 0) is 40.8 Å². The van der Waals surface area contributed by atoms with E-state index in [9.17, 15) is 4.79 Å². The Bertz CT molecular complexity index is 760. The van der Waals surface area contributed by atoms with Gasteiger partial charge in [-0.3, -0.25) is 4.79 Å². The SMILES string of the molecule is O=c1cc(-c2ccccc2)oc2ccc(I)cc12. The summed E-state index contributed by atoms with van der Waals surface area (Å²) in [6.45, 7) is 0. The van der Waals surface area contributed by atoms with Crippen molar-refractivity contribution in [3.63, 3.8) is 0 Å². The smallest absolute Gasteiger partial charge is 0.193 e. The minimum absolute atomic E-state index is 0.00591. The highest BCUT2D eigenvalue weighted by Crippen LogP contribution is 2.22. The third-order valence-electron chi connectivity index (χ3n) is 2.75. The molecule has 1 heterocycles. The van der Waals surface area contributed by atoms with E-state index in [-0.39, 0.29) is 5.43 Å². The molecule has 3 heteroatoms. The summed E-state index contributed by atoms with van der Waals surface area (Å²) in [5.41, 5.74) is 1.53. The van der Waals surface area contributed by atoms with Gasteiger partial charge in [0.2, 0.25) is 0 Å². The van der Waals surface area contributed by atoms with Crippen LogP contribution in [0.15, 0.2) is 63.8 Å². The van der Waals surface area contributed by atoms with Crippen LogP contribution in [-0.2, 0) is 0 Å². The van der Waals surface area contributed by atoms with Crippen LogP contribution < -0.4 is 5.43 Å². The van der Waals surface area contributed by atoms with Crippen molar-refractivity contribution in [2.24, 2.45) is 0 Å². The Kier molecular flexibility index (Phi) is 2.91. The second-order valence-corrected chi connectivity index (χ2v) is 5.23. The average Bonchev–Trinajstić information content (AvgIpc) is 2.40. The van der Waals surface area contributed by atoms with Crippen molar-refractivity contribution in [2.45, 2.75) is 0 Å². The minimum atomic E-state index is -0.00591. The predicted molar refractivity (Wildman–Crippen MR) is 80.6 cm³/mol. The third-order valence-corrected chi connectivity index (χ3v) is 3.42. The van der Waals surface area contributed by atoms with E-state index in [1.54, 1.807) is 6.07 Å². The number of benzene rings is 2. The first kappa shape index (κ1) is 11.5. The van der Waals surface area contributed by atoms with Crippen molar-refractivity contribution < 1.29 is 4.42 Å². The first-order valence-corrected chi connectivity index (χ1v) is 6.61. The van der Waals surface area contributed by atoms with E-state index >= 15 is 0 Å². The zero-order chi connectivity index (χ0) is 12.5. The van der Waals surface area contributed by atoms with E-state index in [0.29, 0.717) is 16.7 Å². The molecule has 0 saturated heterocycles. The summed E-state index contributed by atoms with van der Waals surface area (Å²) >= 11 is 2.18. The Hall–Kier alpha value is -1.62. The molecule has 0 unspecified atom stereocenters. The van der Waals surface area contributed by atoms with E-state index in [1.165, 1.54) is 0 Å². The lowest BCUT2D eigenvalue weighted by Gasteiger charge is -2.03. The molecule has 0 N–H and O–H groups in total. The Morgan fingerprint density at radius 2 is 1.72 bits per heavy atom. The monoisotopic (exact) mass is 348 g/mol. The van der Waals surface area contributed by atoms with Crippen LogP contribution in [0.25, 0.3) is 22.3 Å². The summed E-state index contributed by atoms with van der Waals surface area (Å²) in [6.07, 6.45) is 0. The van der Waals surface area contributed by atoms with Crippen molar-refractivity contribution in [3.8, 4) is 11.3 Å². The standard InChI is InChI=1S/C15H9IO2/c16-11-6-7-14-12(8-11)13(17)9-15(18-14)10-4-2-1-3-5-10/h1-9H. The van der Waals surface area contributed by atoms with Crippen molar-refractivity contribution in [1.29, 1.82) is 0 Å². The second kappa shape index (κ2) is 4.57. The summed E-state index contributed by atoms with van der Waals surface area (Å²) in [5, 5.41) is 0.626. The van der Waals surface area contributed by atoms with E-state index < -0.39 is 0 Å². The second-order valence-electron chi connectivity index (χ2n) is 3.98. The zero-order valence-electron chi connectivity index (χ0n) is 9.39. The van der Waals surface area contributed by atoms with Crippen LogP contribution in [0.5, 0.6) is 0 Å². The summed E-state index contributed by atoms with van der Waals surface area (Å²) < 4.78 is 6.81. The van der Waals surface area contributed by atoms with Gasteiger partial charge in [0.05, 0.1) is 5.39 Å². The number of fused-ring (bicyclic) bond motifs is 1. The lowest BCUT2D eigenvalue weighted by Crippen LogP contribution is -2.00. The van der Waals surface area contributed by atoms with E-state index in [1.807, 2.05) is 48.5 Å². The Balaban J connectivity index is 2.29. The Labute approximate surface area is 117 Å². The van der Waals surface area contributed by atoms with Gasteiger partial charge in [-0.15, -0.1) is 0 Å². The average molecular weight is 348 g/mol. The number of halogens is 1. The molecule has 2 aromatic carbocycles. The summed E-state index contributed by atoms with van der Waals surface area (Å²) in [4.78, 5) is 12.1. The van der Waals surface area contributed by atoms with E-state index in [0.717, 1.165) is 9.13 Å². The molecule has 0 radical (unpaired) electrons. The molecule has 18 heavy (non-hydrogen) atoms. The molecular formula is C15H9IO2. The van der Waals surface area contributed by atoms with E-state index in [4.69, 9.17) is 4.42 Å². The van der Waals surface area contributed by atoms with Gasteiger partial charge in [0.15, 0.2) is 5.43 Å². The highest BCUT2D eigenvalue weighted by molar-refractivity contribution is 14.1. The van der Waals surface area contributed by atoms with E-state index in [2.05, 4.69) is 22.6 Å². The van der Waals surface area contributed by atoms with Gasteiger partial charge in [-0.25, -0.2) is 0 Å². The number of rotatable bonds is 1. The molecule has 88 valence electrons. The fraction of sp³-hybridized carbons (Fsp3) is 0. The van der Waals surface area contributed by atoms with Crippen LogP contribution in [0.3, 0.4) is 0 Å². The molecule has 0 aliphatic carbocycles. The highest BCUT2D eigenvalue weighted by atomic mass is 127. The van der Waals surface area contributed by atoms with Gasteiger partial charge >= 0.3 is 0 Å². The lowest BCUT2D eigenvalue weighted by atomic mass is 10.1. The molecule has 0 fully saturated rings. The first-order valence-electron chi connectivity index (χ1n) is 5.53. The molecule has 0 aliphatic rings. The largest absolute Gasteiger partial charge is 0.456 e. The summed E-state index contributed by atoms with van der Waals surface area (Å²) in [6, 6.07) is 16.8. The molecule has 0 saturated carbocycles. The number of hydrogen-bond acceptors (Lipinski definition) is 2. The zero-order valence-corrected chi connectivity index (χ0v) is 11.5. The maximum Gasteiger partial charge on any atom is 0.193 e. The molecule has 0 amide bonds. The maximum absolute atomic E-state index is 12.1. The van der Waals surface area contributed by atoms with Crippen molar-refractivity contribution in [2.75, 3.05) is 0 Å². The van der Waals surface area contributed by atoms with Gasteiger partial charge in [0, 0.05) is 15.2 Å². The molecule has 0 aliphatic heterocycles. The molecule has 1 aromatic heterocycles. The fourth-order valence-corrected chi connectivity index (χ4v) is 2.36. The van der Waals surface area contributed by atoms with Gasteiger partial charge in [-0.1, -0.05) is 30.3 Å². The van der Waals surface area contributed by atoms with Gasteiger partial charge in [0.1, 0.15) is 11.3 Å². The van der Waals surface area contributed by atoms with Crippen LogP contribution in [0.4, 0.5) is 0 Å². The van der Waals surface area contributed by atoms with Crippen LogP contribution in [-0.4, -0.2) is 0 Å². The molecule has 0 bridgehead atoms. The Morgan fingerprint density at radius 1 is 0.944 bits per heavy atom. The maximum atomic E-state index is 12.1. The quantitative estimate of drug-likeness (QED) is 0.621. The van der Waals surface area contributed by atoms with Crippen LogP contribution in [0.2, 0.25) is 0 Å².